The average molecular weight is 407 g/mol. The van der Waals surface area contributed by atoms with Gasteiger partial charge in [-0.15, -0.1) is 10.2 Å². The molecular weight excluding hydrogens is 388 g/mol. The van der Waals surface area contributed by atoms with Crippen molar-refractivity contribution in [1.82, 2.24) is 15.2 Å². The van der Waals surface area contributed by atoms with E-state index >= 15 is 0 Å². The van der Waals surface area contributed by atoms with Crippen LogP contribution in [0.15, 0.2) is 83.5 Å². The van der Waals surface area contributed by atoms with Crippen molar-refractivity contribution in [2.45, 2.75) is 16.6 Å². The number of para-hydroxylation sites is 1. The van der Waals surface area contributed by atoms with Crippen LogP contribution < -0.4 is 10.1 Å². The van der Waals surface area contributed by atoms with E-state index in [0.29, 0.717) is 0 Å². The first-order valence-corrected chi connectivity index (χ1v) is 10.6. The Morgan fingerprint density at radius 1 is 0.929 bits per heavy atom. The van der Waals surface area contributed by atoms with Crippen LogP contribution >= 0.6 is 23.1 Å². The standard InChI is InChI=1S/C21H18N4OS2/c1-2-7-16(8-3-1)13-23-20-24-25-21(28-20)27-15-17-9-4-5-11-19(17)26-18-10-6-12-22-14-18/h1-12,14H,13,15H2,(H,23,24). The van der Waals surface area contributed by atoms with E-state index in [2.05, 4.69) is 38.7 Å². The van der Waals surface area contributed by atoms with E-state index in [-0.39, 0.29) is 0 Å². The molecule has 2 heterocycles. The van der Waals surface area contributed by atoms with Crippen LogP contribution in [0.2, 0.25) is 0 Å². The van der Waals surface area contributed by atoms with Crippen molar-refractivity contribution in [3.05, 3.63) is 90.3 Å². The molecule has 4 aromatic rings. The van der Waals surface area contributed by atoms with Crippen LogP contribution in [-0.2, 0) is 12.3 Å². The van der Waals surface area contributed by atoms with Crippen LogP contribution in [0.1, 0.15) is 11.1 Å². The molecule has 0 aliphatic carbocycles. The molecule has 140 valence electrons. The fraction of sp³-hybridized carbons (Fsp3) is 0.0952. The molecule has 0 saturated carbocycles. The van der Waals surface area contributed by atoms with Crippen molar-refractivity contribution in [3.8, 4) is 11.5 Å². The molecule has 0 amide bonds. The van der Waals surface area contributed by atoms with Crippen LogP contribution in [0.4, 0.5) is 5.13 Å². The first kappa shape index (κ1) is 18.5. The third-order valence-electron chi connectivity index (χ3n) is 3.88. The van der Waals surface area contributed by atoms with E-state index in [0.717, 1.165) is 38.8 Å². The number of hydrogen-bond acceptors (Lipinski definition) is 7. The number of nitrogens with one attached hydrogen (secondary N) is 1. The molecular formula is C21H18N4OS2. The van der Waals surface area contributed by atoms with Crippen LogP contribution in [0, 0.1) is 0 Å². The summed E-state index contributed by atoms with van der Waals surface area (Å²) in [5.74, 6) is 2.31. The highest BCUT2D eigenvalue weighted by molar-refractivity contribution is 8.00. The number of aromatic nitrogens is 3. The van der Waals surface area contributed by atoms with Crippen LogP contribution in [-0.4, -0.2) is 15.2 Å². The first-order valence-electron chi connectivity index (χ1n) is 8.77. The molecule has 28 heavy (non-hydrogen) atoms. The zero-order chi connectivity index (χ0) is 19.0. The molecule has 0 spiro atoms. The van der Waals surface area contributed by atoms with E-state index < -0.39 is 0 Å². The van der Waals surface area contributed by atoms with Gasteiger partial charge in [0.1, 0.15) is 11.5 Å². The van der Waals surface area contributed by atoms with Crippen molar-refractivity contribution in [3.63, 3.8) is 0 Å². The lowest BCUT2D eigenvalue weighted by Gasteiger charge is -2.09. The molecule has 2 aromatic carbocycles. The largest absolute Gasteiger partial charge is 0.455 e. The Hall–Kier alpha value is -2.90. The molecule has 7 heteroatoms. The van der Waals surface area contributed by atoms with E-state index in [9.17, 15) is 0 Å². The van der Waals surface area contributed by atoms with Crippen molar-refractivity contribution in [2.75, 3.05) is 5.32 Å². The van der Waals surface area contributed by atoms with Crippen molar-refractivity contribution in [2.24, 2.45) is 0 Å². The second-order valence-corrected chi connectivity index (χ2v) is 8.10. The maximum absolute atomic E-state index is 5.97. The summed E-state index contributed by atoms with van der Waals surface area (Å²) in [5, 5.41) is 12.7. The van der Waals surface area contributed by atoms with E-state index in [4.69, 9.17) is 4.74 Å². The third-order valence-corrected chi connectivity index (χ3v) is 5.94. The summed E-state index contributed by atoms with van der Waals surface area (Å²) in [6.45, 7) is 0.738. The number of benzene rings is 2. The Labute approximate surface area is 171 Å². The Balaban J connectivity index is 1.35. The molecule has 2 aromatic heterocycles. The summed E-state index contributed by atoms with van der Waals surface area (Å²) in [7, 11) is 0. The van der Waals surface area contributed by atoms with Gasteiger partial charge in [0.25, 0.3) is 0 Å². The number of pyridine rings is 1. The van der Waals surface area contributed by atoms with Crippen LogP contribution in [0.3, 0.4) is 0 Å². The molecule has 0 bridgehead atoms. The summed E-state index contributed by atoms with van der Waals surface area (Å²) >= 11 is 3.21. The van der Waals surface area contributed by atoms with Gasteiger partial charge in [-0.1, -0.05) is 71.6 Å². The smallest absolute Gasteiger partial charge is 0.206 e. The zero-order valence-electron chi connectivity index (χ0n) is 15.0. The van der Waals surface area contributed by atoms with Gasteiger partial charge in [-0.25, -0.2) is 0 Å². The van der Waals surface area contributed by atoms with Crippen LogP contribution in [0.5, 0.6) is 11.5 Å². The van der Waals surface area contributed by atoms with E-state index in [1.54, 1.807) is 35.5 Å². The summed E-state index contributed by atoms with van der Waals surface area (Å²) < 4.78 is 6.89. The molecule has 0 radical (unpaired) electrons. The summed E-state index contributed by atoms with van der Waals surface area (Å²) in [5.41, 5.74) is 2.32. The van der Waals surface area contributed by atoms with Gasteiger partial charge in [-0.05, 0) is 23.8 Å². The number of rotatable bonds is 8. The molecule has 0 unspecified atom stereocenters. The number of anilines is 1. The number of ether oxygens (including phenoxy) is 1. The maximum Gasteiger partial charge on any atom is 0.206 e. The summed E-state index contributed by atoms with van der Waals surface area (Å²) in [6.07, 6.45) is 3.44. The molecule has 4 rings (SSSR count). The van der Waals surface area contributed by atoms with Gasteiger partial charge in [-0.3, -0.25) is 4.98 Å². The molecule has 5 nitrogen and oxygen atoms in total. The Morgan fingerprint density at radius 2 is 1.79 bits per heavy atom. The van der Waals surface area contributed by atoms with E-state index in [1.165, 1.54) is 5.56 Å². The van der Waals surface area contributed by atoms with Gasteiger partial charge < -0.3 is 10.1 Å². The van der Waals surface area contributed by atoms with Crippen molar-refractivity contribution < 1.29 is 4.74 Å². The normalized spacial score (nSPS) is 10.6. The minimum Gasteiger partial charge on any atom is -0.455 e. The SMILES string of the molecule is c1ccc(CNc2nnc(SCc3ccccc3Oc3cccnc3)s2)cc1. The monoisotopic (exact) mass is 406 g/mol. The molecule has 0 saturated heterocycles. The molecule has 0 aliphatic rings. The second kappa shape index (κ2) is 9.34. The van der Waals surface area contributed by atoms with Gasteiger partial charge in [-0.2, -0.15) is 0 Å². The quantitative estimate of drug-likeness (QED) is 0.383. The summed E-state index contributed by atoms with van der Waals surface area (Å²) in [4.78, 5) is 4.09. The summed E-state index contributed by atoms with van der Waals surface area (Å²) in [6, 6.07) is 22.0. The minimum atomic E-state index is 0.725. The Bertz CT molecular complexity index is 1010. The van der Waals surface area contributed by atoms with Crippen molar-refractivity contribution >= 4 is 28.2 Å². The predicted octanol–water partition coefficient (Wildman–Crippen LogP) is 5.63. The average Bonchev–Trinajstić information content (AvgIpc) is 3.21. The van der Waals surface area contributed by atoms with Crippen LogP contribution in [0.25, 0.3) is 0 Å². The Morgan fingerprint density at radius 3 is 2.64 bits per heavy atom. The fourth-order valence-corrected chi connectivity index (χ4v) is 4.25. The highest BCUT2D eigenvalue weighted by Crippen LogP contribution is 2.33. The molecule has 1 N–H and O–H groups in total. The van der Waals surface area contributed by atoms with Crippen molar-refractivity contribution in [1.29, 1.82) is 0 Å². The highest BCUT2D eigenvalue weighted by atomic mass is 32.2. The predicted molar refractivity (Wildman–Crippen MR) is 114 cm³/mol. The number of nitrogens with zero attached hydrogens (tertiary/aromatic N) is 3. The molecule has 0 aliphatic heterocycles. The van der Waals surface area contributed by atoms with Gasteiger partial charge >= 0.3 is 0 Å². The topological polar surface area (TPSA) is 59.9 Å². The van der Waals surface area contributed by atoms with Gasteiger partial charge in [0, 0.05) is 24.1 Å². The van der Waals surface area contributed by atoms with Gasteiger partial charge in [0.2, 0.25) is 5.13 Å². The molecule has 0 fully saturated rings. The number of hydrogen-bond donors (Lipinski definition) is 1. The third kappa shape index (κ3) is 5.09. The maximum atomic E-state index is 5.97. The molecule has 0 atom stereocenters. The minimum absolute atomic E-state index is 0.725. The zero-order valence-corrected chi connectivity index (χ0v) is 16.6. The second-order valence-electron chi connectivity index (χ2n) is 5.90. The highest BCUT2D eigenvalue weighted by Gasteiger charge is 2.09. The lowest BCUT2D eigenvalue weighted by molar-refractivity contribution is 0.476. The first-order chi connectivity index (χ1) is 13.9. The number of thioether (sulfide) groups is 1. The lowest BCUT2D eigenvalue weighted by atomic mass is 10.2. The fourth-order valence-electron chi connectivity index (χ4n) is 2.51. The lowest BCUT2D eigenvalue weighted by Crippen LogP contribution is -1.98. The van der Waals surface area contributed by atoms with Gasteiger partial charge in [0.15, 0.2) is 4.34 Å². The van der Waals surface area contributed by atoms with Gasteiger partial charge in [0.05, 0.1) is 6.20 Å². The van der Waals surface area contributed by atoms with E-state index in [1.807, 2.05) is 48.5 Å². The Kier molecular flexibility index (Phi) is 6.16.